The van der Waals surface area contributed by atoms with Gasteiger partial charge in [0.15, 0.2) is 0 Å². The van der Waals surface area contributed by atoms with E-state index in [-0.39, 0.29) is 34.3 Å². The van der Waals surface area contributed by atoms with Crippen molar-refractivity contribution in [3.63, 3.8) is 0 Å². The number of hydrogen-bond acceptors (Lipinski definition) is 5. The Kier molecular flexibility index (Phi) is 4.56. The van der Waals surface area contributed by atoms with Gasteiger partial charge in [-0.2, -0.15) is 18.3 Å². The van der Waals surface area contributed by atoms with Gasteiger partial charge in [-0.25, -0.2) is 4.98 Å². The number of aryl methyl sites for hydroxylation is 2. The normalized spacial score (nSPS) is 18.2. The average molecular weight is 433 g/mol. The number of amides is 1. The molecule has 0 atom stereocenters. The topological polar surface area (TPSA) is 77.0 Å². The molecule has 0 bridgehead atoms. The van der Waals surface area contributed by atoms with Crippen LogP contribution in [0.4, 0.5) is 13.2 Å². The Balaban J connectivity index is 1.36. The van der Waals surface area contributed by atoms with E-state index in [2.05, 4.69) is 15.2 Å². The molecule has 164 valence electrons. The molecule has 1 saturated carbocycles. The highest BCUT2D eigenvalue weighted by Crippen LogP contribution is 2.41. The van der Waals surface area contributed by atoms with Crippen LogP contribution in [0.1, 0.15) is 70.7 Å². The van der Waals surface area contributed by atoms with Crippen LogP contribution < -0.4 is 0 Å². The first-order valence-corrected chi connectivity index (χ1v) is 10.4. The summed E-state index contributed by atoms with van der Waals surface area (Å²) in [4.78, 5) is 18.8. The van der Waals surface area contributed by atoms with Crippen LogP contribution in [0.5, 0.6) is 0 Å². The number of rotatable bonds is 3. The molecular weight excluding hydrogens is 411 g/mol. The molecule has 7 nitrogen and oxygen atoms in total. The molecule has 1 saturated heterocycles. The number of fused-ring (bicyclic) bond motifs is 1. The Morgan fingerprint density at radius 3 is 2.48 bits per heavy atom. The Morgan fingerprint density at radius 1 is 1.13 bits per heavy atom. The molecule has 3 aromatic heterocycles. The second-order valence-corrected chi connectivity index (χ2v) is 8.48. The Hall–Kier alpha value is -2.91. The van der Waals surface area contributed by atoms with Gasteiger partial charge in [-0.05, 0) is 44.7 Å². The van der Waals surface area contributed by atoms with Crippen LogP contribution in [0.3, 0.4) is 0 Å². The molecule has 5 rings (SSSR count). The van der Waals surface area contributed by atoms with Gasteiger partial charge in [-0.15, -0.1) is 0 Å². The minimum atomic E-state index is -4.53. The quantitative estimate of drug-likeness (QED) is 0.619. The zero-order valence-electron chi connectivity index (χ0n) is 17.2. The van der Waals surface area contributed by atoms with Gasteiger partial charge in [0.2, 0.25) is 0 Å². The minimum Gasteiger partial charge on any atom is -0.337 e. The SMILES string of the molecule is Cc1cc(C(F)(F)F)c2c(C3CCN(C(=O)c4cc(C5CC5)nn4C)CC3)noc2n1. The summed E-state index contributed by atoms with van der Waals surface area (Å²) in [6, 6.07) is 2.89. The Labute approximate surface area is 176 Å². The number of piperidine rings is 1. The zero-order valence-corrected chi connectivity index (χ0v) is 17.2. The first-order valence-electron chi connectivity index (χ1n) is 10.4. The maximum Gasteiger partial charge on any atom is 0.417 e. The molecule has 4 heterocycles. The maximum atomic E-state index is 13.6. The number of nitrogens with zero attached hydrogens (tertiary/aromatic N) is 5. The van der Waals surface area contributed by atoms with Crippen molar-refractivity contribution in [2.75, 3.05) is 13.1 Å². The number of hydrogen-bond donors (Lipinski definition) is 0. The Bertz CT molecular complexity index is 1150. The summed E-state index contributed by atoms with van der Waals surface area (Å²) >= 11 is 0. The van der Waals surface area contributed by atoms with Gasteiger partial charge >= 0.3 is 6.18 Å². The predicted molar refractivity (Wildman–Crippen MR) is 105 cm³/mol. The fourth-order valence-corrected chi connectivity index (χ4v) is 4.38. The lowest BCUT2D eigenvalue weighted by Gasteiger charge is -2.31. The van der Waals surface area contributed by atoms with Crippen molar-refractivity contribution in [3.05, 3.63) is 40.5 Å². The van der Waals surface area contributed by atoms with Crippen LogP contribution in [0.25, 0.3) is 11.1 Å². The number of likely N-dealkylation sites (tertiary alicyclic amines) is 1. The maximum absolute atomic E-state index is 13.6. The number of alkyl halides is 3. The lowest BCUT2D eigenvalue weighted by atomic mass is 9.90. The largest absolute Gasteiger partial charge is 0.417 e. The van der Waals surface area contributed by atoms with Crippen LogP contribution in [0, 0.1) is 6.92 Å². The minimum absolute atomic E-state index is 0.0661. The number of pyridine rings is 1. The molecule has 1 amide bonds. The van der Waals surface area contributed by atoms with Gasteiger partial charge in [0, 0.05) is 37.7 Å². The van der Waals surface area contributed by atoms with Crippen LogP contribution >= 0.6 is 0 Å². The summed E-state index contributed by atoms with van der Waals surface area (Å²) in [5, 5.41) is 8.34. The molecule has 31 heavy (non-hydrogen) atoms. The van der Waals surface area contributed by atoms with Crippen molar-refractivity contribution < 1.29 is 22.5 Å². The summed E-state index contributed by atoms with van der Waals surface area (Å²) in [7, 11) is 1.76. The highest BCUT2D eigenvalue weighted by Gasteiger charge is 2.38. The summed E-state index contributed by atoms with van der Waals surface area (Å²) < 4.78 is 47.6. The summed E-state index contributed by atoms with van der Waals surface area (Å²) in [6.45, 7) is 2.36. The average Bonchev–Trinajstić information content (AvgIpc) is 3.38. The van der Waals surface area contributed by atoms with Gasteiger partial charge in [0.25, 0.3) is 11.6 Å². The first kappa shape index (κ1) is 20.0. The third-order valence-electron chi connectivity index (χ3n) is 6.19. The van der Waals surface area contributed by atoms with Crippen molar-refractivity contribution in [2.24, 2.45) is 7.05 Å². The number of halogens is 3. The Morgan fingerprint density at radius 2 is 1.84 bits per heavy atom. The predicted octanol–water partition coefficient (Wildman–Crippen LogP) is 4.18. The highest BCUT2D eigenvalue weighted by atomic mass is 19.4. The van der Waals surface area contributed by atoms with Crippen LogP contribution in [0.15, 0.2) is 16.7 Å². The first-order chi connectivity index (χ1) is 14.7. The molecule has 2 fully saturated rings. The number of aromatic nitrogens is 4. The molecule has 0 spiro atoms. The molecule has 0 unspecified atom stereocenters. The molecule has 1 aliphatic carbocycles. The highest BCUT2D eigenvalue weighted by molar-refractivity contribution is 5.93. The van der Waals surface area contributed by atoms with E-state index in [1.807, 2.05) is 6.07 Å². The fraction of sp³-hybridized carbons (Fsp3) is 0.524. The second kappa shape index (κ2) is 7.06. The van der Waals surface area contributed by atoms with Crippen molar-refractivity contribution in [2.45, 2.75) is 50.6 Å². The smallest absolute Gasteiger partial charge is 0.337 e. The van der Waals surface area contributed by atoms with E-state index in [0.29, 0.717) is 37.5 Å². The summed E-state index contributed by atoms with van der Waals surface area (Å²) in [5.74, 6) is 0.127. The van der Waals surface area contributed by atoms with Crippen molar-refractivity contribution in [1.82, 2.24) is 24.8 Å². The van der Waals surface area contributed by atoms with Crippen LogP contribution in [0.2, 0.25) is 0 Å². The lowest BCUT2D eigenvalue weighted by Crippen LogP contribution is -2.38. The molecule has 10 heteroatoms. The monoisotopic (exact) mass is 433 g/mol. The van der Waals surface area contributed by atoms with Gasteiger partial charge < -0.3 is 9.42 Å². The van der Waals surface area contributed by atoms with Gasteiger partial charge in [0.05, 0.1) is 22.3 Å². The van der Waals surface area contributed by atoms with E-state index < -0.39 is 11.7 Å². The molecule has 2 aliphatic rings. The van der Waals surface area contributed by atoms with E-state index in [4.69, 9.17) is 4.52 Å². The molecule has 3 aromatic rings. The van der Waals surface area contributed by atoms with E-state index in [0.717, 1.165) is 24.6 Å². The van der Waals surface area contributed by atoms with Crippen molar-refractivity contribution in [3.8, 4) is 0 Å². The summed E-state index contributed by atoms with van der Waals surface area (Å²) in [6.07, 6.45) is -1.30. The fourth-order valence-electron chi connectivity index (χ4n) is 4.38. The standard InChI is InChI=1S/C21H22F3N5O2/c1-11-9-14(21(22,23)24)17-18(27-31-19(17)25-11)13-5-7-29(8-6-13)20(30)16-10-15(12-3-4-12)26-28(16)2/h9-10,12-13H,3-8H2,1-2H3. The van der Waals surface area contributed by atoms with E-state index in [1.54, 1.807) is 16.6 Å². The third-order valence-corrected chi connectivity index (χ3v) is 6.19. The van der Waals surface area contributed by atoms with Gasteiger partial charge in [-0.3, -0.25) is 9.48 Å². The zero-order chi connectivity index (χ0) is 21.9. The third kappa shape index (κ3) is 3.57. The van der Waals surface area contributed by atoms with Gasteiger partial charge in [0.1, 0.15) is 5.69 Å². The van der Waals surface area contributed by atoms with E-state index in [9.17, 15) is 18.0 Å². The molecule has 1 aliphatic heterocycles. The number of carbonyl (C=O) groups excluding carboxylic acids is 1. The molecule has 0 radical (unpaired) electrons. The van der Waals surface area contributed by atoms with E-state index >= 15 is 0 Å². The van der Waals surface area contributed by atoms with Crippen LogP contribution in [-0.2, 0) is 13.2 Å². The second-order valence-electron chi connectivity index (χ2n) is 8.48. The van der Waals surface area contributed by atoms with Crippen molar-refractivity contribution >= 4 is 17.0 Å². The molecular formula is C21H22F3N5O2. The molecule has 0 N–H and O–H groups in total. The molecule has 0 aromatic carbocycles. The lowest BCUT2D eigenvalue weighted by molar-refractivity contribution is -0.136. The summed E-state index contributed by atoms with van der Waals surface area (Å²) in [5.41, 5.74) is 1.14. The van der Waals surface area contributed by atoms with Crippen molar-refractivity contribution in [1.29, 1.82) is 0 Å². The van der Waals surface area contributed by atoms with Gasteiger partial charge in [-0.1, -0.05) is 5.16 Å². The number of carbonyl (C=O) groups is 1. The van der Waals surface area contributed by atoms with E-state index in [1.165, 1.54) is 6.92 Å². The van der Waals surface area contributed by atoms with Crippen LogP contribution in [-0.4, -0.2) is 43.8 Å².